The van der Waals surface area contributed by atoms with Crippen LogP contribution in [0.15, 0.2) is 47.5 Å². The lowest BCUT2D eigenvalue weighted by molar-refractivity contribution is 0.406. The first-order valence-corrected chi connectivity index (χ1v) is 9.21. The largest absolute Gasteiger partial charge is 0.497 e. The fourth-order valence-electron chi connectivity index (χ4n) is 3.50. The van der Waals surface area contributed by atoms with Crippen LogP contribution in [0, 0.1) is 5.82 Å². The molecule has 4 rings (SSSR count). The third-order valence-corrected chi connectivity index (χ3v) is 4.98. The summed E-state index contributed by atoms with van der Waals surface area (Å²) in [5.41, 5.74) is 8.16. The van der Waals surface area contributed by atoms with Crippen LogP contribution in [0.3, 0.4) is 0 Å². The Hall–Kier alpha value is -3.17. The first-order valence-electron chi connectivity index (χ1n) is 9.21. The topological polar surface area (TPSA) is 82.3 Å². The van der Waals surface area contributed by atoms with E-state index in [0.717, 1.165) is 18.7 Å². The van der Waals surface area contributed by atoms with Gasteiger partial charge in [0, 0.05) is 31.1 Å². The van der Waals surface area contributed by atoms with E-state index in [1.165, 1.54) is 34.8 Å². The minimum absolute atomic E-state index is 0.182. The van der Waals surface area contributed by atoms with Crippen LogP contribution < -0.4 is 26.0 Å². The molecule has 3 aromatic rings. The SMILES string of the molecule is COc1cc(F)cc(Cn2cnn(-c3ccc(C4CNNC4)c(OC)c3)c2=O)c1. The molecular weight excluding hydrogens is 377 g/mol. The second kappa shape index (κ2) is 8.06. The second-order valence-corrected chi connectivity index (χ2v) is 6.84. The van der Waals surface area contributed by atoms with Crippen LogP contribution in [-0.4, -0.2) is 41.7 Å². The van der Waals surface area contributed by atoms with Crippen molar-refractivity contribution in [1.29, 1.82) is 0 Å². The number of nitrogens with zero attached hydrogens (tertiary/aromatic N) is 3. The van der Waals surface area contributed by atoms with E-state index in [-0.39, 0.29) is 18.2 Å². The molecule has 0 spiro atoms. The van der Waals surface area contributed by atoms with E-state index in [9.17, 15) is 9.18 Å². The van der Waals surface area contributed by atoms with Crippen LogP contribution in [0.2, 0.25) is 0 Å². The quantitative estimate of drug-likeness (QED) is 0.653. The molecular formula is C20H22FN5O3. The second-order valence-electron chi connectivity index (χ2n) is 6.84. The van der Waals surface area contributed by atoms with Crippen molar-refractivity contribution in [2.75, 3.05) is 27.3 Å². The maximum Gasteiger partial charge on any atom is 0.350 e. The summed E-state index contributed by atoms with van der Waals surface area (Å²) in [6.45, 7) is 1.80. The smallest absolute Gasteiger partial charge is 0.350 e. The molecule has 0 radical (unpaired) electrons. The fourth-order valence-corrected chi connectivity index (χ4v) is 3.50. The molecule has 1 aliphatic heterocycles. The predicted octanol–water partition coefficient (Wildman–Crippen LogP) is 1.43. The molecule has 0 unspecified atom stereocenters. The lowest BCUT2D eigenvalue weighted by atomic mass is 9.99. The molecule has 1 aromatic heterocycles. The summed E-state index contributed by atoms with van der Waals surface area (Å²) in [7, 11) is 3.08. The van der Waals surface area contributed by atoms with Crippen molar-refractivity contribution in [2.24, 2.45) is 0 Å². The third-order valence-electron chi connectivity index (χ3n) is 4.98. The Morgan fingerprint density at radius 2 is 1.93 bits per heavy atom. The minimum Gasteiger partial charge on any atom is -0.497 e. The molecule has 2 aromatic carbocycles. The summed E-state index contributed by atoms with van der Waals surface area (Å²) in [4.78, 5) is 12.8. The van der Waals surface area contributed by atoms with Gasteiger partial charge in [0.05, 0.1) is 26.5 Å². The number of hydrogen-bond acceptors (Lipinski definition) is 6. The molecule has 29 heavy (non-hydrogen) atoms. The van der Waals surface area contributed by atoms with E-state index >= 15 is 0 Å². The minimum atomic E-state index is -0.420. The van der Waals surface area contributed by atoms with Crippen molar-refractivity contribution in [1.82, 2.24) is 25.2 Å². The van der Waals surface area contributed by atoms with E-state index in [4.69, 9.17) is 9.47 Å². The Labute approximate surface area is 166 Å². The lowest BCUT2D eigenvalue weighted by Crippen LogP contribution is -2.24. The number of aromatic nitrogens is 3. The molecule has 9 heteroatoms. The Morgan fingerprint density at radius 1 is 1.14 bits per heavy atom. The maximum atomic E-state index is 13.7. The van der Waals surface area contributed by atoms with Crippen LogP contribution >= 0.6 is 0 Å². The first kappa shape index (κ1) is 19.2. The molecule has 1 fully saturated rings. The molecule has 0 atom stereocenters. The van der Waals surface area contributed by atoms with Crippen LogP contribution in [0.5, 0.6) is 11.5 Å². The van der Waals surface area contributed by atoms with E-state index in [1.807, 2.05) is 12.1 Å². The van der Waals surface area contributed by atoms with E-state index in [1.54, 1.807) is 19.2 Å². The van der Waals surface area contributed by atoms with Crippen LogP contribution in [0.4, 0.5) is 4.39 Å². The van der Waals surface area contributed by atoms with Crippen molar-refractivity contribution in [2.45, 2.75) is 12.5 Å². The summed E-state index contributed by atoms with van der Waals surface area (Å²) in [5, 5.41) is 4.21. The highest BCUT2D eigenvalue weighted by molar-refractivity contribution is 5.46. The van der Waals surface area contributed by atoms with Gasteiger partial charge in [-0.15, -0.1) is 0 Å². The van der Waals surface area contributed by atoms with Crippen LogP contribution in [-0.2, 0) is 6.54 Å². The van der Waals surface area contributed by atoms with Crippen LogP contribution in [0.1, 0.15) is 17.0 Å². The zero-order chi connectivity index (χ0) is 20.4. The highest BCUT2D eigenvalue weighted by atomic mass is 19.1. The first-order chi connectivity index (χ1) is 14.1. The van der Waals surface area contributed by atoms with Gasteiger partial charge < -0.3 is 9.47 Å². The molecule has 0 amide bonds. The van der Waals surface area contributed by atoms with Gasteiger partial charge in [-0.25, -0.2) is 9.18 Å². The number of hydrogen-bond donors (Lipinski definition) is 2. The molecule has 2 N–H and O–H groups in total. The Kier molecular flexibility index (Phi) is 5.32. The van der Waals surface area contributed by atoms with Gasteiger partial charge in [-0.3, -0.25) is 15.4 Å². The van der Waals surface area contributed by atoms with Gasteiger partial charge in [-0.1, -0.05) is 6.07 Å². The van der Waals surface area contributed by atoms with E-state index < -0.39 is 5.82 Å². The molecule has 8 nitrogen and oxygen atoms in total. The average molecular weight is 399 g/mol. The zero-order valence-electron chi connectivity index (χ0n) is 16.2. The molecule has 1 aliphatic rings. The molecule has 2 heterocycles. The highest BCUT2D eigenvalue weighted by Gasteiger charge is 2.21. The third kappa shape index (κ3) is 3.87. The summed E-state index contributed by atoms with van der Waals surface area (Å²) in [5.74, 6) is 0.971. The summed E-state index contributed by atoms with van der Waals surface area (Å²) in [6, 6.07) is 9.95. The number of halogens is 1. The number of benzene rings is 2. The van der Waals surface area contributed by atoms with Crippen molar-refractivity contribution < 1.29 is 13.9 Å². The summed E-state index contributed by atoms with van der Waals surface area (Å²) < 4.78 is 27.1. The molecule has 0 saturated carbocycles. The molecule has 1 saturated heterocycles. The standard InChI is InChI=1S/C20H22FN5O3/c1-28-17-6-13(5-15(21)7-17)11-25-12-24-26(20(25)27)16-3-4-18(19(8-16)29-2)14-9-22-23-10-14/h3-8,12,14,22-23H,9-11H2,1-2H3. The lowest BCUT2D eigenvalue weighted by Gasteiger charge is -2.14. The predicted molar refractivity (Wildman–Crippen MR) is 105 cm³/mol. The Bertz CT molecular complexity index is 1070. The van der Waals surface area contributed by atoms with Crippen LogP contribution in [0.25, 0.3) is 5.69 Å². The zero-order valence-corrected chi connectivity index (χ0v) is 16.2. The van der Waals surface area contributed by atoms with Gasteiger partial charge in [0.15, 0.2) is 0 Å². The van der Waals surface area contributed by atoms with Gasteiger partial charge in [0.2, 0.25) is 0 Å². The van der Waals surface area contributed by atoms with Gasteiger partial charge in [-0.2, -0.15) is 9.78 Å². The molecule has 0 bridgehead atoms. The van der Waals surface area contributed by atoms with Crippen molar-refractivity contribution in [3.8, 4) is 17.2 Å². The van der Waals surface area contributed by atoms with Gasteiger partial charge >= 0.3 is 5.69 Å². The Morgan fingerprint density at radius 3 is 2.66 bits per heavy atom. The average Bonchev–Trinajstić information content (AvgIpc) is 3.38. The van der Waals surface area contributed by atoms with Gasteiger partial charge in [-0.05, 0) is 29.3 Å². The molecule has 0 aliphatic carbocycles. The highest BCUT2D eigenvalue weighted by Crippen LogP contribution is 2.29. The number of ether oxygens (including phenoxy) is 2. The maximum absolute atomic E-state index is 13.7. The monoisotopic (exact) mass is 399 g/mol. The van der Waals surface area contributed by atoms with Crippen molar-refractivity contribution >= 4 is 0 Å². The fraction of sp³-hybridized carbons (Fsp3) is 0.300. The number of hydrazine groups is 1. The number of methoxy groups -OCH3 is 2. The normalized spacial score (nSPS) is 14.3. The molecule has 152 valence electrons. The Balaban J connectivity index is 1.63. The van der Waals surface area contributed by atoms with E-state index in [0.29, 0.717) is 22.7 Å². The summed E-state index contributed by atoms with van der Waals surface area (Å²) in [6.07, 6.45) is 1.44. The number of nitrogens with one attached hydrogen (secondary N) is 2. The van der Waals surface area contributed by atoms with E-state index in [2.05, 4.69) is 16.0 Å². The summed E-state index contributed by atoms with van der Waals surface area (Å²) >= 11 is 0. The van der Waals surface area contributed by atoms with Crippen molar-refractivity contribution in [3.63, 3.8) is 0 Å². The van der Waals surface area contributed by atoms with Crippen molar-refractivity contribution in [3.05, 3.63) is 70.2 Å². The van der Waals surface area contributed by atoms with Gasteiger partial charge in [0.1, 0.15) is 23.6 Å². The number of rotatable bonds is 6. The van der Waals surface area contributed by atoms with Gasteiger partial charge in [0.25, 0.3) is 0 Å².